The van der Waals surface area contributed by atoms with Crippen LogP contribution in [0.25, 0.3) is 11.2 Å². The van der Waals surface area contributed by atoms with Crippen LogP contribution >= 0.6 is 0 Å². The average molecular weight is 271 g/mol. The molecule has 0 aromatic carbocycles. The van der Waals surface area contributed by atoms with E-state index in [0.717, 1.165) is 0 Å². The van der Waals surface area contributed by atoms with Crippen LogP contribution < -0.4 is 4.74 Å². The van der Waals surface area contributed by atoms with Crippen molar-refractivity contribution in [1.29, 1.82) is 0 Å². The summed E-state index contributed by atoms with van der Waals surface area (Å²) in [6.07, 6.45) is 2.69. The van der Waals surface area contributed by atoms with E-state index < -0.39 is 0 Å². The van der Waals surface area contributed by atoms with Gasteiger partial charge in [0.05, 0.1) is 7.11 Å². The number of aromatic nitrogens is 5. The van der Waals surface area contributed by atoms with Crippen molar-refractivity contribution >= 4 is 11.2 Å². The van der Waals surface area contributed by atoms with Gasteiger partial charge in [0.1, 0.15) is 12.7 Å². The molecule has 0 bridgehead atoms. The van der Waals surface area contributed by atoms with Gasteiger partial charge in [0.25, 0.3) is 0 Å². The first-order valence-corrected chi connectivity index (χ1v) is 3.24. The Morgan fingerprint density at radius 2 is 2.00 bits per heavy atom. The summed E-state index contributed by atoms with van der Waals surface area (Å²) in [6, 6.07) is 0. The van der Waals surface area contributed by atoms with Gasteiger partial charge in [0.2, 0.25) is 11.5 Å². The summed E-state index contributed by atoms with van der Waals surface area (Å²) < 4.78 is 4.95. The molecule has 0 unspecified atom stereocenters. The minimum atomic E-state index is 0. The van der Waals surface area contributed by atoms with Gasteiger partial charge in [-0.15, -0.1) is 10.2 Å². The molecule has 0 aliphatic carbocycles. The maximum absolute atomic E-state index is 4.95. The Morgan fingerprint density at radius 1 is 1.15 bits per heavy atom. The molecule has 0 saturated heterocycles. The average Bonchev–Trinajstić information content (AvgIpc) is 2.17. The van der Waals surface area contributed by atoms with Crippen molar-refractivity contribution in [1.82, 2.24) is 25.1 Å². The molecule has 0 N–H and O–H groups in total. The number of rotatable bonds is 1. The van der Waals surface area contributed by atoms with E-state index in [1.807, 2.05) is 0 Å². The summed E-state index contributed by atoms with van der Waals surface area (Å²) >= 11 is 0. The molecule has 2 aromatic heterocycles. The zero-order chi connectivity index (χ0) is 8.39. The molecule has 2 aromatic rings. The van der Waals surface area contributed by atoms with Crippen LogP contribution in [0.15, 0.2) is 12.7 Å². The topological polar surface area (TPSA) is 73.7 Å². The van der Waals surface area contributed by atoms with Gasteiger partial charge < -0.3 is 4.74 Å². The van der Waals surface area contributed by atoms with E-state index >= 15 is 0 Å². The smallest absolute Gasteiger partial charge is 0.245 e. The van der Waals surface area contributed by atoms with E-state index in [1.165, 1.54) is 19.8 Å². The van der Waals surface area contributed by atoms with Crippen LogP contribution in [0.4, 0.5) is 0 Å². The van der Waals surface area contributed by atoms with Crippen LogP contribution in [-0.2, 0) is 22.4 Å². The fraction of sp³-hybridized carbons (Fsp3) is 0.167. The first-order valence-electron chi connectivity index (χ1n) is 3.24. The fourth-order valence-corrected chi connectivity index (χ4v) is 0.853. The number of hydrogen-bond acceptors (Lipinski definition) is 6. The van der Waals surface area contributed by atoms with E-state index in [2.05, 4.69) is 25.1 Å². The normalized spacial score (nSPS) is 9.31. The number of hydrogen-bond donors (Lipinski definition) is 0. The Labute approximate surface area is 89.3 Å². The van der Waals surface area contributed by atoms with Gasteiger partial charge in [-0.05, 0) is 0 Å². The van der Waals surface area contributed by atoms with Crippen molar-refractivity contribution in [3.05, 3.63) is 12.7 Å². The predicted molar refractivity (Wildman–Crippen MR) is 39.5 cm³/mol. The molecule has 6 nitrogen and oxygen atoms in total. The molecule has 0 aliphatic heterocycles. The van der Waals surface area contributed by atoms with Crippen LogP contribution in [0.3, 0.4) is 0 Å². The second-order valence-electron chi connectivity index (χ2n) is 2.02. The Kier molecular flexibility index (Phi) is 3.24. The molecular formula is C6H5AgN5O. The number of methoxy groups -OCH3 is 1. The van der Waals surface area contributed by atoms with Crippen LogP contribution in [0.2, 0.25) is 0 Å². The van der Waals surface area contributed by atoms with Crippen LogP contribution in [0, 0.1) is 0 Å². The zero-order valence-electron chi connectivity index (χ0n) is 6.60. The van der Waals surface area contributed by atoms with Gasteiger partial charge in [-0.2, -0.15) is 4.98 Å². The molecule has 0 spiro atoms. The summed E-state index contributed by atoms with van der Waals surface area (Å²) in [4.78, 5) is 11.7. The van der Waals surface area contributed by atoms with Gasteiger partial charge in [0.15, 0.2) is 5.52 Å². The summed E-state index contributed by atoms with van der Waals surface area (Å²) in [6.45, 7) is 0. The van der Waals surface area contributed by atoms with E-state index in [9.17, 15) is 0 Å². The zero-order valence-corrected chi connectivity index (χ0v) is 8.08. The van der Waals surface area contributed by atoms with E-state index in [1.54, 1.807) is 0 Å². The Morgan fingerprint density at radius 3 is 2.77 bits per heavy atom. The molecule has 1 radical (unpaired) electrons. The largest absolute Gasteiger partial charge is 0.479 e. The van der Waals surface area contributed by atoms with Gasteiger partial charge >= 0.3 is 0 Å². The van der Waals surface area contributed by atoms with Crippen molar-refractivity contribution < 1.29 is 27.1 Å². The maximum Gasteiger partial charge on any atom is 0.245 e. The first-order chi connectivity index (χ1) is 5.92. The van der Waals surface area contributed by atoms with Crippen molar-refractivity contribution in [2.75, 3.05) is 7.11 Å². The van der Waals surface area contributed by atoms with Crippen molar-refractivity contribution in [2.45, 2.75) is 0 Å². The third-order valence-corrected chi connectivity index (χ3v) is 1.35. The molecular weight excluding hydrogens is 266 g/mol. The quantitative estimate of drug-likeness (QED) is 0.670. The number of nitrogens with zero attached hydrogens (tertiary/aromatic N) is 5. The minimum absolute atomic E-state index is 0. The Hall–Kier alpha value is -1.11. The van der Waals surface area contributed by atoms with Gasteiger partial charge in [-0.1, -0.05) is 0 Å². The molecule has 2 heterocycles. The van der Waals surface area contributed by atoms with E-state index in [4.69, 9.17) is 4.74 Å². The second-order valence-corrected chi connectivity index (χ2v) is 2.02. The van der Waals surface area contributed by atoms with Gasteiger partial charge in [-0.3, -0.25) is 0 Å². The fourth-order valence-electron chi connectivity index (χ4n) is 0.853. The Bertz CT molecular complexity index is 404. The van der Waals surface area contributed by atoms with Crippen molar-refractivity contribution in [2.24, 2.45) is 0 Å². The third-order valence-electron chi connectivity index (χ3n) is 1.35. The number of fused-ring (bicyclic) bond motifs is 1. The molecule has 0 aliphatic rings. The molecule has 71 valence electrons. The minimum Gasteiger partial charge on any atom is -0.479 e. The van der Waals surface area contributed by atoms with Crippen LogP contribution in [-0.4, -0.2) is 32.3 Å². The van der Waals surface area contributed by atoms with E-state index in [-0.39, 0.29) is 22.4 Å². The summed E-state index contributed by atoms with van der Waals surface area (Å²) in [5, 5.41) is 7.33. The first kappa shape index (κ1) is 9.97. The van der Waals surface area contributed by atoms with Crippen LogP contribution in [0.1, 0.15) is 0 Å². The maximum atomic E-state index is 4.95. The summed E-state index contributed by atoms with van der Waals surface area (Å²) in [5.41, 5.74) is 0.958. The van der Waals surface area contributed by atoms with Gasteiger partial charge in [0, 0.05) is 22.4 Å². The summed E-state index contributed by atoms with van der Waals surface area (Å²) in [5.74, 6) is 0.412. The Balaban J connectivity index is 0.000000845. The van der Waals surface area contributed by atoms with Crippen LogP contribution in [0.5, 0.6) is 5.88 Å². The SMILES string of the molecule is COc1ncnc2nncnc12.[Ag]. The molecule has 0 saturated carbocycles. The van der Waals surface area contributed by atoms with E-state index in [0.29, 0.717) is 17.0 Å². The second kappa shape index (κ2) is 4.22. The predicted octanol–water partition coefficient (Wildman–Crippen LogP) is -0.179. The van der Waals surface area contributed by atoms with Crippen molar-refractivity contribution in [3.8, 4) is 5.88 Å². The standard InChI is InChI=1S/C6H5N5O.Ag/c1-12-6-4-5(8-2-9-6)11-10-3-7-4;/h2-3H,1H3;. The molecule has 0 fully saturated rings. The molecule has 2 rings (SSSR count). The molecule has 7 heteroatoms. The molecule has 0 amide bonds. The van der Waals surface area contributed by atoms with Gasteiger partial charge in [-0.25, -0.2) is 9.97 Å². The third kappa shape index (κ3) is 1.80. The summed E-state index contributed by atoms with van der Waals surface area (Å²) in [7, 11) is 1.52. The molecule has 0 atom stereocenters. The molecule has 13 heavy (non-hydrogen) atoms. The number of ether oxygens (including phenoxy) is 1. The monoisotopic (exact) mass is 270 g/mol. The van der Waals surface area contributed by atoms with Crippen molar-refractivity contribution in [3.63, 3.8) is 0 Å².